The Morgan fingerprint density at radius 1 is 1.05 bits per heavy atom. The summed E-state index contributed by atoms with van der Waals surface area (Å²) >= 11 is 0. The summed E-state index contributed by atoms with van der Waals surface area (Å²) in [5, 5.41) is 5.17. The number of ether oxygens (including phenoxy) is 1. The highest BCUT2D eigenvalue weighted by Crippen LogP contribution is 2.36. The lowest BCUT2D eigenvalue weighted by atomic mass is 9.88. The molecule has 7 heteroatoms. The lowest BCUT2D eigenvalue weighted by molar-refractivity contribution is -0.137. The fourth-order valence-corrected chi connectivity index (χ4v) is 6.17. The Morgan fingerprint density at radius 2 is 1.82 bits per heavy atom. The van der Waals surface area contributed by atoms with E-state index < -0.39 is 0 Å². The van der Waals surface area contributed by atoms with Gasteiger partial charge in [0.2, 0.25) is 5.91 Å². The van der Waals surface area contributed by atoms with Gasteiger partial charge in [-0.1, -0.05) is 43.5 Å². The lowest BCUT2D eigenvalue weighted by Gasteiger charge is -2.30. The van der Waals surface area contributed by atoms with Gasteiger partial charge >= 0.3 is 0 Å². The first-order valence-electron chi connectivity index (χ1n) is 14.1. The zero-order valence-electron chi connectivity index (χ0n) is 22.2. The number of rotatable bonds is 8. The van der Waals surface area contributed by atoms with Crippen LogP contribution in [0.5, 0.6) is 5.75 Å². The highest BCUT2D eigenvalue weighted by atomic mass is 19.1. The maximum absolute atomic E-state index is 13.7. The van der Waals surface area contributed by atoms with Crippen molar-refractivity contribution in [3.8, 4) is 11.4 Å². The van der Waals surface area contributed by atoms with Crippen molar-refractivity contribution in [2.45, 2.75) is 77.0 Å². The topological polar surface area (TPSA) is 50.6 Å². The van der Waals surface area contributed by atoms with Gasteiger partial charge in [-0.3, -0.25) is 9.69 Å². The molecular formula is C31H37FN4O2. The van der Waals surface area contributed by atoms with Gasteiger partial charge < -0.3 is 9.64 Å². The number of benzene rings is 2. The second-order valence-corrected chi connectivity index (χ2v) is 11.1. The lowest BCUT2D eigenvalue weighted by Crippen LogP contribution is -2.39. The van der Waals surface area contributed by atoms with E-state index in [2.05, 4.69) is 14.5 Å². The van der Waals surface area contributed by atoms with Gasteiger partial charge in [0, 0.05) is 43.6 Å². The van der Waals surface area contributed by atoms with E-state index in [1.54, 1.807) is 7.11 Å². The first kappa shape index (κ1) is 25.1. The van der Waals surface area contributed by atoms with Crippen LogP contribution in [0.15, 0.2) is 48.5 Å². The molecule has 38 heavy (non-hydrogen) atoms. The Kier molecular flexibility index (Phi) is 7.20. The largest absolute Gasteiger partial charge is 0.494 e. The monoisotopic (exact) mass is 516 g/mol. The average Bonchev–Trinajstić information content (AvgIpc) is 3.74. The second kappa shape index (κ2) is 10.9. The zero-order valence-corrected chi connectivity index (χ0v) is 22.2. The molecule has 0 radical (unpaired) electrons. The highest BCUT2D eigenvalue weighted by Gasteiger charge is 2.38. The van der Waals surface area contributed by atoms with Gasteiger partial charge in [0.1, 0.15) is 17.3 Å². The van der Waals surface area contributed by atoms with Crippen LogP contribution in [-0.4, -0.2) is 45.2 Å². The van der Waals surface area contributed by atoms with Crippen LogP contribution >= 0.6 is 0 Å². The van der Waals surface area contributed by atoms with Crippen molar-refractivity contribution in [3.05, 3.63) is 76.9 Å². The van der Waals surface area contributed by atoms with Crippen molar-refractivity contribution in [2.24, 2.45) is 5.92 Å². The van der Waals surface area contributed by atoms with Crippen molar-refractivity contribution in [1.82, 2.24) is 19.6 Å². The normalized spacial score (nSPS) is 18.3. The zero-order chi connectivity index (χ0) is 26.1. The van der Waals surface area contributed by atoms with Crippen LogP contribution in [-0.2, 0) is 30.8 Å². The quantitative estimate of drug-likeness (QED) is 0.388. The van der Waals surface area contributed by atoms with Gasteiger partial charge in [0.25, 0.3) is 0 Å². The standard InChI is InChI=1S/C31H37FN4O2/c1-38-30-10-6-5-9-29(30)36-28-17-18-34(19-22-11-13-24(32)14-12-22)20-26(28)27(33-36)21-35(25-15-16-25)31(37)23-7-3-2-4-8-23/h5-6,9-14,23,25H,2-4,7-8,15-21H2,1H3. The molecule has 3 aliphatic rings. The summed E-state index contributed by atoms with van der Waals surface area (Å²) in [4.78, 5) is 18.2. The van der Waals surface area contributed by atoms with Gasteiger partial charge in [-0.15, -0.1) is 0 Å². The smallest absolute Gasteiger partial charge is 0.226 e. The van der Waals surface area contributed by atoms with E-state index in [-0.39, 0.29) is 11.7 Å². The molecule has 1 amide bonds. The fourth-order valence-electron chi connectivity index (χ4n) is 6.17. The third-order valence-corrected chi connectivity index (χ3v) is 8.40. The molecule has 2 heterocycles. The van der Waals surface area contributed by atoms with Crippen LogP contribution in [0.2, 0.25) is 0 Å². The number of methoxy groups -OCH3 is 1. The van der Waals surface area contributed by atoms with Gasteiger partial charge in [0.05, 0.1) is 25.0 Å². The van der Waals surface area contributed by atoms with Crippen molar-refractivity contribution in [1.29, 1.82) is 0 Å². The minimum absolute atomic E-state index is 0.159. The van der Waals surface area contributed by atoms with Crippen molar-refractivity contribution < 1.29 is 13.9 Å². The van der Waals surface area contributed by atoms with Crippen LogP contribution in [0.4, 0.5) is 4.39 Å². The van der Waals surface area contributed by atoms with E-state index in [1.165, 1.54) is 29.8 Å². The van der Waals surface area contributed by atoms with Crippen LogP contribution < -0.4 is 4.74 Å². The summed E-state index contributed by atoms with van der Waals surface area (Å²) in [6, 6.07) is 15.1. The molecule has 200 valence electrons. The predicted octanol–water partition coefficient (Wildman–Crippen LogP) is 5.65. The van der Waals surface area contributed by atoms with Gasteiger partial charge in [0.15, 0.2) is 0 Å². The molecule has 0 unspecified atom stereocenters. The van der Waals surface area contributed by atoms with Gasteiger partial charge in [-0.05, 0) is 55.5 Å². The van der Waals surface area contributed by atoms with Crippen LogP contribution in [0, 0.1) is 11.7 Å². The van der Waals surface area contributed by atoms with Gasteiger partial charge in [-0.2, -0.15) is 5.10 Å². The number of halogens is 1. The summed E-state index contributed by atoms with van der Waals surface area (Å²) < 4.78 is 21.2. The number of carbonyl (C=O) groups is 1. The minimum Gasteiger partial charge on any atom is -0.494 e. The molecule has 1 aliphatic heterocycles. The number of hydrogen-bond donors (Lipinski definition) is 0. The molecule has 0 bridgehead atoms. The van der Waals surface area contributed by atoms with E-state index in [1.807, 2.05) is 36.4 Å². The van der Waals surface area contributed by atoms with Gasteiger partial charge in [-0.25, -0.2) is 9.07 Å². The molecule has 1 aromatic heterocycles. The first-order chi connectivity index (χ1) is 18.6. The molecule has 0 spiro atoms. The van der Waals surface area contributed by atoms with Crippen LogP contribution in [0.25, 0.3) is 5.69 Å². The molecule has 2 aliphatic carbocycles. The molecule has 6 rings (SSSR count). The third kappa shape index (κ3) is 5.21. The SMILES string of the molecule is COc1ccccc1-n1nc(CN(C(=O)C2CCCCC2)C2CC2)c2c1CCN(Cc1ccc(F)cc1)C2. The summed E-state index contributed by atoms with van der Waals surface area (Å²) in [5.74, 6) is 1.06. The summed E-state index contributed by atoms with van der Waals surface area (Å²) in [6.45, 7) is 2.96. The Morgan fingerprint density at radius 3 is 2.55 bits per heavy atom. The van der Waals surface area contributed by atoms with E-state index in [4.69, 9.17) is 9.84 Å². The highest BCUT2D eigenvalue weighted by molar-refractivity contribution is 5.79. The third-order valence-electron chi connectivity index (χ3n) is 8.40. The second-order valence-electron chi connectivity index (χ2n) is 11.1. The maximum Gasteiger partial charge on any atom is 0.226 e. The van der Waals surface area contributed by atoms with Crippen LogP contribution in [0.3, 0.4) is 0 Å². The Balaban J connectivity index is 1.33. The Labute approximate surface area is 224 Å². The van der Waals surface area contributed by atoms with Crippen LogP contribution in [0.1, 0.15) is 67.5 Å². The van der Waals surface area contributed by atoms with Crippen molar-refractivity contribution in [2.75, 3.05) is 13.7 Å². The number of nitrogens with zero attached hydrogens (tertiary/aromatic N) is 4. The number of carbonyl (C=O) groups excluding carboxylic acids is 1. The number of amides is 1. The minimum atomic E-state index is -0.210. The molecule has 0 atom stereocenters. The van der Waals surface area contributed by atoms with E-state index in [0.717, 1.165) is 87.3 Å². The molecule has 2 saturated carbocycles. The van der Waals surface area contributed by atoms with E-state index in [0.29, 0.717) is 18.5 Å². The summed E-state index contributed by atoms with van der Waals surface area (Å²) in [7, 11) is 1.69. The number of hydrogen-bond acceptors (Lipinski definition) is 4. The number of fused-ring (bicyclic) bond motifs is 1. The molecule has 2 aromatic carbocycles. The maximum atomic E-state index is 13.7. The predicted molar refractivity (Wildman–Crippen MR) is 144 cm³/mol. The molecule has 3 aromatic rings. The summed E-state index contributed by atoms with van der Waals surface area (Å²) in [6.07, 6.45) is 8.61. The van der Waals surface area contributed by atoms with Crippen molar-refractivity contribution >= 4 is 5.91 Å². The Bertz CT molecular complexity index is 1280. The van der Waals surface area contributed by atoms with Crippen molar-refractivity contribution in [3.63, 3.8) is 0 Å². The van der Waals surface area contributed by atoms with E-state index >= 15 is 0 Å². The molecule has 6 nitrogen and oxygen atoms in total. The number of aromatic nitrogens is 2. The fraction of sp³-hybridized carbons (Fsp3) is 0.484. The molecule has 2 fully saturated rings. The average molecular weight is 517 g/mol. The number of para-hydroxylation sites is 2. The summed E-state index contributed by atoms with van der Waals surface area (Å²) in [5.41, 5.74) is 5.43. The molecular weight excluding hydrogens is 479 g/mol. The first-order valence-corrected chi connectivity index (χ1v) is 14.1. The van der Waals surface area contributed by atoms with E-state index in [9.17, 15) is 9.18 Å². The molecule has 0 N–H and O–H groups in total. The molecule has 0 saturated heterocycles. The Hall–Kier alpha value is -3.19.